The highest BCUT2D eigenvalue weighted by Gasteiger charge is 2.23. The number of amides is 1. The van der Waals surface area contributed by atoms with Gasteiger partial charge < -0.3 is 20.3 Å². The van der Waals surface area contributed by atoms with Gasteiger partial charge in [0.05, 0.1) is 6.61 Å². The number of aryl methyl sites for hydroxylation is 1. The molecule has 0 spiro atoms. The van der Waals surface area contributed by atoms with Gasteiger partial charge in [0.25, 0.3) is 0 Å². The SMILES string of the molecule is CCOC(=O)N1CCN(c2cc(C(N)=S)cc(C)n2)CC1. The van der Waals surface area contributed by atoms with Crippen LogP contribution in [0.4, 0.5) is 10.6 Å². The Morgan fingerprint density at radius 1 is 1.38 bits per heavy atom. The Balaban J connectivity index is 2.05. The molecule has 7 heteroatoms. The molecule has 0 aromatic carbocycles. The van der Waals surface area contributed by atoms with Gasteiger partial charge in [-0.15, -0.1) is 0 Å². The average molecular weight is 308 g/mol. The number of rotatable bonds is 3. The highest BCUT2D eigenvalue weighted by molar-refractivity contribution is 7.80. The van der Waals surface area contributed by atoms with Crippen molar-refractivity contribution >= 4 is 29.1 Å². The van der Waals surface area contributed by atoms with Crippen molar-refractivity contribution in [1.82, 2.24) is 9.88 Å². The van der Waals surface area contributed by atoms with Crippen molar-refractivity contribution in [2.24, 2.45) is 5.73 Å². The highest BCUT2D eigenvalue weighted by atomic mass is 32.1. The number of pyridine rings is 1. The van der Waals surface area contributed by atoms with E-state index in [2.05, 4.69) is 9.88 Å². The number of hydrogen-bond donors (Lipinski definition) is 1. The second kappa shape index (κ2) is 6.71. The number of nitrogens with two attached hydrogens (primary N) is 1. The van der Waals surface area contributed by atoms with Crippen LogP contribution in [0.5, 0.6) is 0 Å². The first-order valence-electron chi connectivity index (χ1n) is 6.96. The van der Waals surface area contributed by atoms with Crippen LogP contribution in [0.3, 0.4) is 0 Å². The first-order valence-corrected chi connectivity index (χ1v) is 7.37. The Morgan fingerprint density at radius 3 is 2.62 bits per heavy atom. The third-order valence-electron chi connectivity index (χ3n) is 3.35. The Bertz CT molecular complexity index is 542. The fourth-order valence-electron chi connectivity index (χ4n) is 2.29. The van der Waals surface area contributed by atoms with Crippen LogP contribution in [-0.4, -0.2) is 53.8 Å². The van der Waals surface area contributed by atoms with E-state index in [4.69, 9.17) is 22.7 Å². The minimum absolute atomic E-state index is 0.252. The van der Waals surface area contributed by atoms with Crippen LogP contribution in [0.1, 0.15) is 18.2 Å². The van der Waals surface area contributed by atoms with Gasteiger partial charge in [-0.1, -0.05) is 12.2 Å². The summed E-state index contributed by atoms with van der Waals surface area (Å²) >= 11 is 5.03. The standard InChI is InChI=1S/C14H20N4O2S/c1-3-20-14(19)18-6-4-17(5-7-18)12-9-11(13(15)21)8-10(2)16-12/h8-9H,3-7H2,1-2H3,(H2,15,21). The number of anilines is 1. The molecule has 114 valence electrons. The molecule has 1 amide bonds. The monoisotopic (exact) mass is 308 g/mol. The van der Waals surface area contributed by atoms with Crippen LogP contribution in [0.25, 0.3) is 0 Å². The molecular formula is C14H20N4O2S. The van der Waals surface area contributed by atoms with Crippen LogP contribution in [-0.2, 0) is 4.74 Å². The molecule has 21 heavy (non-hydrogen) atoms. The van der Waals surface area contributed by atoms with Crippen LogP contribution in [0.2, 0.25) is 0 Å². The topological polar surface area (TPSA) is 71.7 Å². The first kappa shape index (κ1) is 15.5. The van der Waals surface area contributed by atoms with Gasteiger partial charge in [0.15, 0.2) is 0 Å². The zero-order valence-electron chi connectivity index (χ0n) is 12.3. The van der Waals surface area contributed by atoms with Crippen LogP contribution in [0, 0.1) is 6.92 Å². The fraction of sp³-hybridized carbons (Fsp3) is 0.500. The van der Waals surface area contributed by atoms with Crippen LogP contribution in [0.15, 0.2) is 12.1 Å². The first-order chi connectivity index (χ1) is 10.0. The second-order valence-corrected chi connectivity index (χ2v) is 5.33. The lowest BCUT2D eigenvalue weighted by Crippen LogP contribution is -2.49. The number of aromatic nitrogens is 1. The van der Waals surface area contributed by atoms with Crippen molar-refractivity contribution in [3.05, 3.63) is 23.4 Å². The van der Waals surface area contributed by atoms with Gasteiger partial charge in [-0.25, -0.2) is 9.78 Å². The Hall–Kier alpha value is -1.89. The van der Waals surface area contributed by atoms with E-state index in [1.165, 1.54) is 0 Å². The second-order valence-electron chi connectivity index (χ2n) is 4.89. The van der Waals surface area contributed by atoms with Gasteiger partial charge in [0, 0.05) is 37.4 Å². The van der Waals surface area contributed by atoms with E-state index in [1.807, 2.05) is 26.0 Å². The molecule has 1 saturated heterocycles. The molecule has 0 bridgehead atoms. The van der Waals surface area contributed by atoms with E-state index < -0.39 is 0 Å². The summed E-state index contributed by atoms with van der Waals surface area (Å²) in [5, 5.41) is 0. The molecule has 0 atom stereocenters. The van der Waals surface area contributed by atoms with E-state index in [1.54, 1.807) is 4.90 Å². The van der Waals surface area contributed by atoms with Crippen molar-refractivity contribution in [2.75, 3.05) is 37.7 Å². The molecule has 6 nitrogen and oxygen atoms in total. The molecule has 1 aliphatic heterocycles. The number of carbonyl (C=O) groups is 1. The fourth-order valence-corrected chi connectivity index (χ4v) is 2.41. The van der Waals surface area contributed by atoms with Crippen molar-refractivity contribution in [3.63, 3.8) is 0 Å². The van der Waals surface area contributed by atoms with Gasteiger partial charge in [0.2, 0.25) is 0 Å². The highest BCUT2D eigenvalue weighted by Crippen LogP contribution is 2.17. The minimum atomic E-state index is -0.252. The lowest BCUT2D eigenvalue weighted by molar-refractivity contribution is 0.105. The van der Waals surface area contributed by atoms with Crippen LogP contribution >= 0.6 is 12.2 Å². The number of piperazine rings is 1. The van der Waals surface area contributed by atoms with Gasteiger partial charge >= 0.3 is 6.09 Å². The lowest BCUT2D eigenvalue weighted by Gasteiger charge is -2.35. The maximum Gasteiger partial charge on any atom is 0.409 e. The van der Waals surface area contributed by atoms with Crippen LogP contribution < -0.4 is 10.6 Å². The number of carbonyl (C=O) groups excluding carboxylic acids is 1. The molecule has 0 radical (unpaired) electrons. The zero-order chi connectivity index (χ0) is 15.4. The van der Waals surface area contributed by atoms with E-state index >= 15 is 0 Å². The molecule has 1 fully saturated rings. The van der Waals surface area contributed by atoms with Crippen molar-refractivity contribution in [2.45, 2.75) is 13.8 Å². The Morgan fingerprint density at radius 2 is 2.05 bits per heavy atom. The third kappa shape index (κ3) is 3.81. The van der Waals surface area contributed by atoms with Crippen molar-refractivity contribution in [1.29, 1.82) is 0 Å². The summed E-state index contributed by atoms with van der Waals surface area (Å²) in [7, 11) is 0. The number of ether oxygens (including phenoxy) is 1. The van der Waals surface area contributed by atoms with E-state index in [0.29, 0.717) is 37.8 Å². The number of nitrogens with zero attached hydrogens (tertiary/aromatic N) is 3. The third-order valence-corrected chi connectivity index (χ3v) is 3.59. The van der Waals surface area contributed by atoms with E-state index in [0.717, 1.165) is 17.1 Å². The molecule has 2 heterocycles. The Labute approximate surface area is 129 Å². The maximum absolute atomic E-state index is 11.7. The summed E-state index contributed by atoms with van der Waals surface area (Å²) in [5.41, 5.74) is 7.39. The summed E-state index contributed by atoms with van der Waals surface area (Å²) in [5.74, 6) is 0.848. The van der Waals surface area contributed by atoms with Crippen molar-refractivity contribution in [3.8, 4) is 0 Å². The predicted molar refractivity (Wildman–Crippen MR) is 85.7 cm³/mol. The van der Waals surface area contributed by atoms with Gasteiger partial charge in [0.1, 0.15) is 10.8 Å². The number of thiocarbonyl (C=S) groups is 1. The summed E-state index contributed by atoms with van der Waals surface area (Å²) < 4.78 is 5.01. The summed E-state index contributed by atoms with van der Waals surface area (Å²) in [6.07, 6.45) is -0.252. The largest absolute Gasteiger partial charge is 0.450 e. The molecular weight excluding hydrogens is 288 g/mol. The Kier molecular flexibility index (Phi) is 4.95. The van der Waals surface area contributed by atoms with Gasteiger partial charge in [-0.2, -0.15) is 0 Å². The molecule has 1 aliphatic rings. The van der Waals surface area contributed by atoms with E-state index in [9.17, 15) is 4.79 Å². The minimum Gasteiger partial charge on any atom is -0.450 e. The molecule has 0 saturated carbocycles. The normalized spacial score (nSPS) is 15.0. The summed E-state index contributed by atoms with van der Waals surface area (Å²) in [4.78, 5) is 20.4. The molecule has 0 unspecified atom stereocenters. The average Bonchev–Trinajstić information content (AvgIpc) is 2.47. The molecule has 0 aliphatic carbocycles. The predicted octanol–water partition coefficient (Wildman–Crippen LogP) is 1.30. The van der Waals surface area contributed by atoms with Gasteiger partial charge in [-0.3, -0.25) is 0 Å². The smallest absolute Gasteiger partial charge is 0.409 e. The summed E-state index contributed by atoms with van der Waals surface area (Å²) in [6.45, 7) is 6.80. The number of hydrogen-bond acceptors (Lipinski definition) is 5. The van der Waals surface area contributed by atoms with Gasteiger partial charge in [-0.05, 0) is 26.0 Å². The quantitative estimate of drug-likeness (QED) is 0.849. The van der Waals surface area contributed by atoms with E-state index in [-0.39, 0.29) is 6.09 Å². The molecule has 2 N–H and O–H groups in total. The molecule has 1 aromatic rings. The lowest BCUT2D eigenvalue weighted by atomic mass is 10.2. The van der Waals surface area contributed by atoms with Crippen molar-refractivity contribution < 1.29 is 9.53 Å². The zero-order valence-corrected chi connectivity index (χ0v) is 13.2. The summed E-state index contributed by atoms with van der Waals surface area (Å²) in [6, 6.07) is 3.77. The molecule has 2 rings (SSSR count). The molecule has 1 aromatic heterocycles. The maximum atomic E-state index is 11.7.